The average molecular weight is 424 g/mol. The zero-order valence-electron chi connectivity index (χ0n) is 14.9. The van der Waals surface area contributed by atoms with Gasteiger partial charge in [0.1, 0.15) is 0 Å². The number of hydrogen-bond acceptors (Lipinski definition) is 8. The molecule has 168 valence electrons. The van der Waals surface area contributed by atoms with Crippen LogP contribution in [0.4, 0.5) is 11.4 Å². The highest BCUT2D eigenvalue weighted by atomic mass is 16.6. The van der Waals surface area contributed by atoms with Crippen LogP contribution in [-0.4, -0.2) is 35.3 Å². The molecule has 0 heterocycles. The molecule has 0 bridgehead atoms. The van der Waals surface area contributed by atoms with Gasteiger partial charge in [0.15, 0.2) is 0 Å². The summed E-state index contributed by atoms with van der Waals surface area (Å²) in [5.74, 6) is -0.825. The van der Waals surface area contributed by atoms with Gasteiger partial charge < -0.3 is 9.47 Å². The summed E-state index contributed by atoms with van der Waals surface area (Å²) in [5, 5.41) is 18.8. The molecule has 9 heteroatoms. The second-order valence-corrected chi connectivity index (χ2v) is 4.93. The fraction of sp³-hybridized carbons (Fsp3) is 0.333. The molecule has 0 aliphatic carbocycles. The Bertz CT molecular complexity index is 760. The van der Waals surface area contributed by atoms with Crippen molar-refractivity contribution in [1.29, 1.82) is 0 Å². The molecular weight excluding hydrogens is 392 g/mol. The van der Waals surface area contributed by atoms with Gasteiger partial charge in [0.25, 0.3) is 5.69 Å². The number of nitrogens with one attached hydrogen (secondary N) is 1. The number of nitro groups is 1. The molecule has 0 radical (unpaired) electrons. The van der Waals surface area contributed by atoms with Crippen molar-refractivity contribution in [2.75, 3.05) is 18.7 Å². The molecule has 0 amide bonds. The summed E-state index contributed by atoms with van der Waals surface area (Å²) in [5.41, 5.74) is 3.25. The Hall–Kier alpha value is -3.46. The van der Waals surface area contributed by atoms with Gasteiger partial charge in [0, 0.05) is 12.1 Å². The number of carbonyl (C=O) groups is 2. The highest BCUT2D eigenvalue weighted by molar-refractivity contribution is 5.90. The number of hydrogen-bond donors (Lipinski definition) is 2. The Balaban J connectivity index is -0.000000443. The maximum Gasteiger partial charge on any atom is 0.338 e. The van der Waals surface area contributed by atoms with Crippen LogP contribution in [0.2, 0.25) is 0 Å². The zero-order valence-corrected chi connectivity index (χ0v) is 14.9. The minimum Gasteiger partial charge on any atom is -0.462 e. The van der Waals surface area contributed by atoms with Gasteiger partial charge in [0.05, 0.1) is 35.0 Å². The Morgan fingerprint density at radius 3 is 1.53 bits per heavy atom. The Morgan fingerprint density at radius 1 is 0.867 bits per heavy atom. The van der Waals surface area contributed by atoms with E-state index >= 15 is 0 Å². The van der Waals surface area contributed by atoms with Crippen molar-refractivity contribution in [1.82, 2.24) is 0 Å². The van der Waals surface area contributed by atoms with Crippen molar-refractivity contribution in [3.05, 3.63) is 69.8 Å². The van der Waals surface area contributed by atoms with E-state index in [1.54, 1.807) is 38.1 Å². The van der Waals surface area contributed by atoms with Crippen LogP contribution in [0.5, 0.6) is 0 Å². The molecule has 0 spiro atoms. The molecule has 0 saturated heterocycles. The molecule has 0 aromatic heterocycles. The monoisotopic (exact) mass is 424 g/mol. The molecule has 9 nitrogen and oxygen atoms in total. The van der Waals surface area contributed by atoms with Crippen LogP contribution in [0, 0.1) is 10.1 Å². The standard InChI is InChI=1S/C9H9NO4.C9H11NO3.3CH4/c1-2-14-9(11)7-3-5-8(6-4-7)10(12)13;1-2-13-9(11)7-3-5-8(10-12)6-4-7;;;/h3-6H,2H2,1H3;3-6,10,12H,2H2,1H3;3*1H4. The summed E-state index contributed by atoms with van der Waals surface area (Å²) in [6.07, 6.45) is 0. The zero-order chi connectivity index (χ0) is 20.2. The fourth-order valence-corrected chi connectivity index (χ4v) is 1.83. The average Bonchev–Trinajstić information content (AvgIpc) is 2.69. The third-order valence-electron chi connectivity index (χ3n) is 3.11. The van der Waals surface area contributed by atoms with Crippen LogP contribution in [0.25, 0.3) is 0 Å². The predicted molar refractivity (Wildman–Crippen MR) is 117 cm³/mol. The van der Waals surface area contributed by atoms with Gasteiger partial charge in [-0.15, -0.1) is 0 Å². The van der Waals surface area contributed by atoms with Crippen molar-refractivity contribution in [2.24, 2.45) is 0 Å². The summed E-state index contributed by atoms with van der Waals surface area (Å²) < 4.78 is 9.50. The first kappa shape index (κ1) is 31.2. The van der Waals surface area contributed by atoms with Gasteiger partial charge in [0.2, 0.25) is 0 Å². The lowest BCUT2D eigenvalue weighted by Gasteiger charge is -2.02. The van der Waals surface area contributed by atoms with Crippen molar-refractivity contribution in [3.63, 3.8) is 0 Å². The van der Waals surface area contributed by atoms with E-state index in [0.717, 1.165) is 0 Å². The van der Waals surface area contributed by atoms with Crippen LogP contribution in [0.15, 0.2) is 48.5 Å². The normalized spacial score (nSPS) is 8.50. The van der Waals surface area contributed by atoms with Crippen molar-refractivity contribution in [3.8, 4) is 0 Å². The molecular formula is C21H32N2O7. The summed E-state index contributed by atoms with van der Waals surface area (Å²) in [4.78, 5) is 32.1. The molecule has 0 aliphatic rings. The molecule has 30 heavy (non-hydrogen) atoms. The van der Waals surface area contributed by atoms with Crippen LogP contribution >= 0.6 is 0 Å². The quantitative estimate of drug-likeness (QED) is 0.361. The molecule has 2 aromatic rings. The van der Waals surface area contributed by atoms with E-state index in [2.05, 4.69) is 0 Å². The topological polar surface area (TPSA) is 128 Å². The lowest BCUT2D eigenvalue weighted by molar-refractivity contribution is -0.384. The molecule has 0 atom stereocenters. The highest BCUT2D eigenvalue weighted by Gasteiger charge is 2.09. The smallest absolute Gasteiger partial charge is 0.338 e. The van der Waals surface area contributed by atoms with E-state index in [1.807, 2.05) is 5.48 Å². The number of benzene rings is 2. The van der Waals surface area contributed by atoms with Crippen LogP contribution in [0.3, 0.4) is 0 Å². The summed E-state index contributed by atoms with van der Waals surface area (Å²) >= 11 is 0. The molecule has 2 rings (SSSR count). The fourth-order valence-electron chi connectivity index (χ4n) is 1.83. The highest BCUT2D eigenvalue weighted by Crippen LogP contribution is 2.12. The molecule has 0 aliphatic heterocycles. The second-order valence-electron chi connectivity index (χ2n) is 4.93. The van der Waals surface area contributed by atoms with E-state index in [-0.39, 0.29) is 40.5 Å². The van der Waals surface area contributed by atoms with E-state index in [4.69, 9.17) is 14.7 Å². The number of nitrogens with zero attached hydrogens (tertiary/aromatic N) is 1. The number of non-ortho nitro benzene ring substituents is 1. The third kappa shape index (κ3) is 10.2. The molecule has 2 aromatic carbocycles. The largest absolute Gasteiger partial charge is 0.462 e. The third-order valence-corrected chi connectivity index (χ3v) is 3.11. The van der Waals surface area contributed by atoms with E-state index < -0.39 is 10.9 Å². The number of anilines is 1. The van der Waals surface area contributed by atoms with Gasteiger partial charge >= 0.3 is 11.9 Å². The summed E-state index contributed by atoms with van der Waals surface area (Å²) in [6, 6.07) is 11.6. The van der Waals surface area contributed by atoms with Gasteiger partial charge in [-0.05, 0) is 50.2 Å². The van der Waals surface area contributed by atoms with Crippen LogP contribution in [-0.2, 0) is 9.47 Å². The summed E-state index contributed by atoms with van der Waals surface area (Å²) in [7, 11) is 0. The van der Waals surface area contributed by atoms with Crippen molar-refractivity contribution < 1.29 is 29.2 Å². The first-order valence-electron chi connectivity index (χ1n) is 8.01. The van der Waals surface area contributed by atoms with Gasteiger partial charge in [-0.1, -0.05) is 22.3 Å². The van der Waals surface area contributed by atoms with Crippen molar-refractivity contribution in [2.45, 2.75) is 36.1 Å². The van der Waals surface area contributed by atoms with E-state index in [9.17, 15) is 19.7 Å². The number of rotatable bonds is 6. The van der Waals surface area contributed by atoms with Gasteiger partial charge in [-0.3, -0.25) is 20.8 Å². The van der Waals surface area contributed by atoms with Crippen LogP contribution < -0.4 is 5.48 Å². The number of nitro benzene ring substituents is 1. The molecule has 0 fully saturated rings. The minimum absolute atomic E-state index is 0. The van der Waals surface area contributed by atoms with Crippen LogP contribution in [0.1, 0.15) is 56.8 Å². The number of esters is 2. The summed E-state index contributed by atoms with van der Waals surface area (Å²) in [6.45, 7) is 4.10. The first-order valence-corrected chi connectivity index (χ1v) is 8.01. The first-order chi connectivity index (χ1) is 12.9. The minimum atomic E-state index is -0.519. The SMILES string of the molecule is C.C.C.CCOC(=O)c1ccc(NO)cc1.CCOC(=O)c1ccc([N+](=O)[O-])cc1. The number of carbonyl (C=O) groups excluding carboxylic acids is 2. The molecule has 2 N–H and O–H groups in total. The maximum atomic E-state index is 11.1. The number of ether oxygens (including phenoxy) is 2. The predicted octanol–water partition coefficient (Wildman–Crippen LogP) is 5.34. The molecule has 0 unspecified atom stereocenters. The van der Waals surface area contributed by atoms with E-state index in [0.29, 0.717) is 23.4 Å². The molecule has 0 saturated carbocycles. The lowest BCUT2D eigenvalue weighted by Crippen LogP contribution is -2.04. The van der Waals surface area contributed by atoms with Gasteiger partial charge in [-0.25, -0.2) is 9.59 Å². The Kier molecular flexibility index (Phi) is 17.2. The van der Waals surface area contributed by atoms with Gasteiger partial charge in [-0.2, -0.15) is 0 Å². The lowest BCUT2D eigenvalue weighted by atomic mass is 10.2. The van der Waals surface area contributed by atoms with Crippen molar-refractivity contribution >= 4 is 23.3 Å². The second kappa shape index (κ2) is 16.5. The Labute approximate surface area is 177 Å². The maximum absolute atomic E-state index is 11.1. The Morgan fingerprint density at radius 2 is 1.23 bits per heavy atom. The van der Waals surface area contributed by atoms with E-state index in [1.165, 1.54) is 24.3 Å².